The predicted octanol–water partition coefficient (Wildman–Crippen LogP) is 2.34. The first-order valence-electron chi connectivity index (χ1n) is 9.91. The van der Waals surface area contributed by atoms with Crippen LogP contribution >= 0.6 is 12.4 Å². The molecule has 7 heteroatoms. The van der Waals surface area contributed by atoms with E-state index in [0.717, 1.165) is 68.2 Å². The van der Waals surface area contributed by atoms with Gasteiger partial charge in [-0.1, -0.05) is 12.1 Å². The third-order valence-electron chi connectivity index (χ3n) is 5.95. The van der Waals surface area contributed by atoms with Gasteiger partial charge >= 0.3 is 0 Å². The number of carbonyl (C=O) groups excluding carboxylic acids is 1. The highest BCUT2D eigenvalue weighted by Crippen LogP contribution is 2.23. The van der Waals surface area contributed by atoms with Crippen molar-refractivity contribution in [3.63, 3.8) is 0 Å². The molecule has 2 aromatic rings. The van der Waals surface area contributed by atoms with Crippen molar-refractivity contribution in [3.8, 4) is 5.69 Å². The third-order valence-corrected chi connectivity index (χ3v) is 5.95. The molecule has 6 nitrogen and oxygen atoms in total. The number of likely N-dealkylation sites (tertiary alicyclic amines) is 1. The van der Waals surface area contributed by atoms with E-state index in [-0.39, 0.29) is 18.3 Å². The molecule has 0 bridgehead atoms. The first kappa shape index (κ1) is 20.8. The molecule has 1 amide bonds. The van der Waals surface area contributed by atoms with Gasteiger partial charge in [-0.15, -0.1) is 12.4 Å². The zero-order chi connectivity index (χ0) is 19.0. The topological polar surface area (TPSA) is 53.4 Å². The maximum atomic E-state index is 13.1. The van der Waals surface area contributed by atoms with E-state index in [1.54, 1.807) is 6.20 Å². The Labute approximate surface area is 173 Å². The Balaban J connectivity index is 0.00000225. The van der Waals surface area contributed by atoms with Crippen LogP contribution in [0, 0.1) is 20.8 Å². The number of rotatable bonds is 3. The summed E-state index contributed by atoms with van der Waals surface area (Å²) in [6, 6.07) is 6.82. The van der Waals surface area contributed by atoms with E-state index in [0.29, 0.717) is 6.04 Å². The van der Waals surface area contributed by atoms with Crippen molar-refractivity contribution in [2.24, 2.45) is 0 Å². The lowest BCUT2D eigenvalue weighted by Gasteiger charge is -2.32. The van der Waals surface area contributed by atoms with Crippen molar-refractivity contribution in [1.82, 2.24) is 24.9 Å². The monoisotopic (exact) mass is 403 g/mol. The van der Waals surface area contributed by atoms with Crippen molar-refractivity contribution in [3.05, 3.63) is 46.8 Å². The maximum absolute atomic E-state index is 13.1. The highest BCUT2D eigenvalue weighted by atomic mass is 35.5. The number of hydrogen-bond acceptors (Lipinski definition) is 4. The summed E-state index contributed by atoms with van der Waals surface area (Å²) in [5.41, 5.74) is 5.03. The van der Waals surface area contributed by atoms with Gasteiger partial charge in [-0.05, 0) is 44.4 Å². The second-order valence-electron chi connectivity index (χ2n) is 7.83. The maximum Gasteiger partial charge on any atom is 0.257 e. The van der Waals surface area contributed by atoms with Crippen LogP contribution in [0.5, 0.6) is 0 Å². The van der Waals surface area contributed by atoms with Crippen LogP contribution in [0.15, 0.2) is 24.4 Å². The first-order chi connectivity index (χ1) is 13.0. The van der Waals surface area contributed by atoms with E-state index in [2.05, 4.69) is 47.4 Å². The number of aromatic nitrogens is 2. The normalized spacial score (nSPS) is 20.2. The summed E-state index contributed by atoms with van der Waals surface area (Å²) < 4.78 is 1.90. The lowest BCUT2D eigenvalue weighted by atomic mass is 10.1. The smallest absolute Gasteiger partial charge is 0.257 e. The highest BCUT2D eigenvalue weighted by molar-refractivity contribution is 5.95. The van der Waals surface area contributed by atoms with Gasteiger partial charge in [-0.3, -0.25) is 9.69 Å². The molecule has 2 aliphatic heterocycles. The van der Waals surface area contributed by atoms with Crippen LogP contribution in [0.25, 0.3) is 5.69 Å². The molecule has 0 spiro atoms. The van der Waals surface area contributed by atoms with E-state index < -0.39 is 0 Å². The van der Waals surface area contributed by atoms with Crippen LogP contribution in [0.2, 0.25) is 0 Å². The largest absolute Gasteiger partial charge is 0.337 e. The molecule has 28 heavy (non-hydrogen) atoms. The fourth-order valence-electron chi connectivity index (χ4n) is 4.25. The van der Waals surface area contributed by atoms with Gasteiger partial charge in [-0.25, -0.2) is 4.68 Å². The molecule has 1 N–H and O–H groups in total. The van der Waals surface area contributed by atoms with Gasteiger partial charge in [0.25, 0.3) is 5.91 Å². The molecular formula is C21H30ClN5O. The van der Waals surface area contributed by atoms with Crippen LogP contribution in [0.3, 0.4) is 0 Å². The molecule has 3 heterocycles. The molecule has 1 aromatic carbocycles. The summed E-state index contributed by atoms with van der Waals surface area (Å²) in [6.07, 6.45) is 2.80. The number of hydrogen-bond donors (Lipinski definition) is 1. The quantitative estimate of drug-likeness (QED) is 0.854. The second kappa shape index (κ2) is 8.64. The summed E-state index contributed by atoms with van der Waals surface area (Å²) in [6.45, 7) is 12.1. The molecule has 1 atom stereocenters. The van der Waals surface area contributed by atoms with Crippen LogP contribution in [-0.4, -0.2) is 70.8 Å². The van der Waals surface area contributed by atoms with Crippen LogP contribution in [0.1, 0.15) is 33.6 Å². The number of benzene rings is 1. The Bertz CT molecular complexity index is 843. The highest BCUT2D eigenvalue weighted by Gasteiger charge is 2.32. The predicted molar refractivity (Wildman–Crippen MR) is 114 cm³/mol. The zero-order valence-electron chi connectivity index (χ0n) is 16.9. The van der Waals surface area contributed by atoms with Crippen LogP contribution in [-0.2, 0) is 0 Å². The third kappa shape index (κ3) is 3.95. The molecule has 2 saturated heterocycles. The number of amides is 1. The van der Waals surface area contributed by atoms with Gasteiger partial charge in [0.2, 0.25) is 0 Å². The van der Waals surface area contributed by atoms with Gasteiger partial charge in [0.1, 0.15) is 0 Å². The molecule has 2 fully saturated rings. The van der Waals surface area contributed by atoms with E-state index in [9.17, 15) is 4.79 Å². The summed E-state index contributed by atoms with van der Waals surface area (Å²) in [5.74, 6) is 0.113. The van der Waals surface area contributed by atoms with E-state index in [4.69, 9.17) is 0 Å². The standard InChI is InChI=1S/C21H29N5O.ClH/c1-15-4-5-16(2)20(12-15)26-17(3)19(13-23-26)21(27)25-9-6-18(14-25)24-10-7-22-8-11-24;/h4-5,12-13,18,22H,6-11,14H2,1-3H3;1H. The zero-order valence-corrected chi connectivity index (χ0v) is 17.8. The van der Waals surface area contributed by atoms with Crippen molar-refractivity contribution < 1.29 is 4.79 Å². The summed E-state index contributed by atoms with van der Waals surface area (Å²) in [5, 5.41) is 7.94. The average molecular weight is 404 g/mol. The van der Waals surface area contributed by atoms with Crippen LogP contribution < -0.4 is 5.32 Å². The fraction of sp³-hybridized carbons (Fsp3) is 0.524. The number of halogens is 1. The SMILES string of the molecule is Cc1ccc(C)c(-n2ncc(C(=O)N3CCC(N4CCNCC4)C3)c2C)c1.Cl. The fourth-order valence-corrected chi connectivity index (χ4v) is 4.25. The lowest BCUT2D eigenvalue weighted by molar-refractivity contribution is 0.0772. The molecule has 0 saturated carbocycles. The van der Waals surface area contributed by atoms with Gasteiger partial charge < -0.3 is 10.2 Å². The molecule has 1 aromatic heterocycles. The van der Waals surface area contributed by atoms with Crippen molar-refractivity contribution in [2.75, 3.05) is 39.3 Å². The Morgan fingerprint density at radius 2 is 1.89 bits per heavy atom. The molecule has 2 aliphatic rings. The van der Waals surface area contributed by atoms with Crippen molar-refractivity contribution in [1.29, 1.82) is 0 Å². The van der Waals surface area contributed by atoms with E-state index in [1.165, 1.54) is 5.56 Å². The van der Waals surface area contributed by atoms with Gasteiger partial charge in [0.05, 0.1) is 23.1 Å². The van der Waals surface area contributed by atoms with E-state index >= 15 is 0 Å². The molecule has 1 unspecified atom stereocenters. The number of nitrogens with one attached hydrogen (secondary N) is 1. The summed E-state index contributed by atoms with van der Waals surface area (Å²) in [7, 11) is 0. The first-order valence-corrected chi connectivity index (χ1v) is 9.91. The van der Waals surface area contributed by atoms with E-state index in [1.807, 2.05) is 16.5 Å². The van der Waals surface area contributed by atoms with Crippen molar-refractivity contribution in [2.45, 2.75) is 33.2 Å². The number of carbonyl (C=O) groups is 1. The second-order valence-corrected chi connectivity index (χ2v) is 7.83. The Kier molecular flexibility index (Phi) is 6.43. The molecule has 152 valence electrons. The van der Waals surface area contributed by atoms with Gasteiger partial charge in [-0.2, -0.15) is 5.10 Å². The summed E-state index contributed by atoms with van der Waals surface area (Å²) in [4.78, 5) is 17.7. The van der Waals surface area contributed by atoms with Gasteiger partial charge in [0, 0.05) is 45.3 Å². The molecule has 0 aliphatic carbocycles. The molecule has 4 rings (SSSR count). The Morgan fingerprint density at radius 3 is 2.64 bits per heavy atom. The minimum atomic E-state index is 0. The summed E-state index contributed by atoms with van der Waals surface area (Å²) >= 11 is 0. The van der Waals surface area contributed by atoms with Crippen molar-refractivity contribution >= 4 is 18.3 Å². The lowest BCUT2D eigenvalue weighted by Crippen LogP contribution is -2.49. The number of aryl methyl sites for hydroxylation is 2. The Hall–Kier alpha value is -1.89. The van der Waals surface area contributed by atoms with Gasteiger partial charge in [0.15, 0.2) is 0 Å². The average Bonchev–Trinajstić information content (AvgIpc) is 3.31. The molecule has 0 radical (unpaired) electrons. The minimum absolute atomic E-state index is 0. The van der Waals surface area contributed by atoms with Crippen LogP contribution in [0.4, 0.5) is 0 Å². The molecular weight excluding hydrogens is 374 g/mol. The number of piperazine rings is 1. The Morgan fingerprint density at radius 1 is 1.14 bits per heavy atom. The number of nitrogens with zero attached hydrogens (tertiary/aromatic N) is 4. The minimum Gasteiger partial charge on any atom is -0.337 e.